The van der Waals surface area contributed by atoms with Crippen molar-refractivity contribution in [3.05, 3.63) is 29.6 Å². The first kappa shape index (κ1) is 14.4. The number of rotatable bonds is 5. The molecular weight excluding hydrogens is 233 g/mol. The Hall–Kier alpha value is -1.62. The minimum atomic E-state index is -0.557. The molecule has 3 N–H and O–H groups in total. The number of benzene rings is 1. The fraction of sp³-hybridized carbons (Fsp3) is 0.462. The number of nitrogen functional groups attached to an aromatic ring is 1. The molecule has 0 saturated carbocycles. The van der Waals surface area contributed by atoms with E-state index in [0.29, 0.717) is 24.8 Å². The van der Waals surface area contributed by atoms with Gasteiger partial charge < -0.3 is 16.0 Å². The molecule has 1 amide bonds. The summed E-state index contributed by atoms with van der Waals surface area (Å²) in [6.07, 6.45) is 0. The van der Waals surface area contributed by atoms with Crippen LogP contribution in [0.15, 0.2) is 18.2 Å². The van der Waals surface area contributed by atoms with Crippen LogP contribution in [0.3, 0.4) is 0 Å². The number of hydrogen-bond donors (Lipinski definition) is 2. The number of nitrogens with one attached hydrogen (secondary N) is 1. The van der Waals surface area contributed by atoms with Crippen molar-refractivity contribution in [2.24, 2.45) is 0 Å². The minimum Gasteiger partial charge on any atom is -0.399 e. The Labute approximate surface area is 107 Å². The molecule has 1 rings (SSSR count). The lowest BCUT2D eigenvalue weighted by molar-refractivity contribution is 0.0944. The Bertz CT molecular complexity index is 421. The predicted octanol–water partition coefficient (Wildman–Crippen LogP) is 1.48. The van der Waals surface area contributed by atoms with Crippen LogP contribution in [0.5, 0.6) is 0 Å². The van der Waals surface area contributed by atoms with Crippen molar-refractivity contribution in [2.45, 2.75) is 19.9 Å². The minimum absolute atomic E-state index is 0.0119. The summed E-state index contributed by atoms with van der Waals surface area (Å²) in [6, 6.07) is 4.38. The monoisotopic (exact) mass is 253 g/mol. The van der Waals surface area contributed by atoms with Crippen LogP contribution >= 0.6 is 0 Å². The van der Waals surface area contributed by atoms with Gasteiger partial charge in [0.15, 0.2) is 0 Å². The molecule has 0 saturated heterocycles. The van der Waals surface area contributed by atoms with Gasteiger partial charge in [-0.05, 0) is 39.1 Å². The number of halogens is 1. The van der Waals surface area contributed by atoms with E-state index in [4.69, 9.17) is 5.73 Å². The second kappa shape index (κ2) is 6.35. The molecule has 18 heavy (non-hydrogen) atoms. The van der Waals surface area contributed by atoms with Gasteiger partial charge in [-0.25, -0.2) is 4.39 Å². The second-order valence-electron chi connectivity index (χ2n) is 4.57. The van der Waals surface area contributed by atoms with Crippen LogP contribution in [0.1, 0.15) is 24.2 Å². The van der Waals surface area contributed by atoms with E-state index in [9.17, 15) is 9.18 Å². The van der Waals surface area contributed by atoms with Gasteiger partial charge in [-0.2, -0.15) is 0 Å². The summed E-state index contributed by atoms with van der Waals surface area (Å²) in [5.41, 5.74) is 5.89. The van der Waals surface area contributed by atoms with E-state index in [2.05, 4.69) is 24.1 Å². The van der Waals surface area contributed by atoms with Crippen molar-refractivity contribution >= 4 is 11.6 Å². The first-order valence-electron chi connectivity index (χ1n) is 5.95. The summed E-state index contributed by atoms with van der Waals surface area (Å²) in [5, 5.41) is 2.68. The first-order chi connectivity index (χ1) is 8.41. The van der Waals surface area contributed by atoms with Crippen molar-refractivity contribution in [3.63, 3.8) is 0 Å². The molecule has 0 radical (unpaired) electrons. The Morgan fingerprint density at radius 2 is 2.17 bits per heavy atom. The fourth-order valence-corrected chi connectivity index (χ4v) is 1.42. The van der Waals surface area contributed by atoms with E-state index < -0.39 is 11.7 Å². The Morgan fingerprint density at radius 1 is 1.50 bits per heavy atom. The zero-order chi connectivity index (χ0) is 13.7. The third-order valence-electron chi connectivity index (χ3n) is 2.87. The molecule has 0 aromatic heterocycles. The maximum Gasteiger partial charge on any atom is 0.254 e. The van der Waals surface area contributed by atoms with Gasteiger partial charge in [-0.1, -0.05) is 0 Å². The van der Waals surface area contributed by atoms with E-state index >= 15 is 0 Å². The quantitative estimate of drug-likeness (QED) is 0.781. The number of anilines is 1. The third kappa shape index (κ3) is 4.00. The van der Waals surface area contributed by atoms with Gasteiger partial charge in [0, 0.05) is 24.8 Å². The highest BCUT2D eigenvalue weighted by molar-refractivity contribution is 5.95. The van der Waals surface area contributed by atoms with E-state index in [0.717, 1.165) is 0 Å². The van der Waals surface area contributed by atoms with E-state index in [1.54, 1.807) is 0 Å². The molecule has 0 aliphatic rings. The Morgan fingerprint density at radius 3 is 2.78 bits per heavy atom. The van der Waals surface area contributed by atoms with Crippen LogP contribution in [0, 0.1) is 5.82 Å². The highest BCUT2D eigenvalue weighted by Crippen LogP contribution is 2.11. The number of carbonyl (C=O) groups excluding carboxylic acids is 1. The average molecular weight is 253 g/mol. The molecule has 100 valence electrons. The molecule has 0 spiro atoms. The molecule has 0 fully saturated rings. The van der Waals surface area contributed by atoms with E-state index in [1.807, 2.05) is 7.05 Å². The molecule has 0 unspecified atom stereocenters. The predicted molar refractivity (Wildman–Crippen MR) is 70.9 cm³/mol. The van der Waals surface area contributed by atoms with Crippen LogP contribution < -0.4 is 11.1 Å². The standard InChI is InChI=1S/C13H20FN3O/c1-9(2)17(3)7-6-16-13(18)11-8-10(15)4-5-12(11)14/h4-5,8-9H,6-7,15H2,1-3H3,(H,16,18). The lowest BCUT2D eigenvalue weighted by atomic mass is 10.2. The number of nitrogens with zero attached hydrogens (tertiary/aromatic N) is 1. The summed E-state index contributed by atoms with van der Waals surface area (Å²) in [5.74, 6) is -0.990. The van der Waals surface area contributed by atoms with Crippen LogP contribution in [-0.2, 0) is 0 Å². The molecule has 4 nitrogen and oxygen atoms in total. The molecule has 0 aliphatic carbocycles. The van der Waals surface area contributed by atoms with E-state index in [1.165, 1.54) is 18.2 Å². The molecular formula is C13H20FN3O. The molecule has 0 heterocycles. The zero-order valence-corrected chi connectivity index (χ0v) is 11.0. The summed E-state index contributed by atoms with van der Waals surface area (Å²) in [4.78, 5) is 13.8. The highest BCUT2D eigenvalue weighted by Gasteiger charge is 2.12. The average Bonchev–Trinajstić information content (AvgIpc) is 2.31. The topological polar surface area (TPSA) is 58.4 Å². The Kier molecular flexibility index (Phi) is 5.09. The number of carbonyl (C=O) groups is 1. The third-order valence-corrected chi connectivity index (χ3v) is 2.87. The molecule has 5 heteroatoms. The van der Waals surface area contributed by atoms with Gasteiger partial charge in [-0.3, -0.25) is 4.79 Å². The first-order valence-corrected chi connectivity index (χ1v) is 5.95. The lowest BCUT2D eigenvalue weighted by Crippen LogP contribution is -2.36. The highest BCUT2D eigenvalue weighted by atomic mass is 19.1. The SMILES string of the molecule is CC(C)N(C)CCNC(=O)c1cc(N)ccc1F. The summed E-state index contributed by atoms with van der Waals surface area (Å²) in [7, 11) is 1.97. The van der Waals surface area contributed by atoms with Crippen LogP contribution in [0.2, 0.25) is 0 Å². The smallest absolute Gasteiger partial charge is 0.254 e. The maximum absolute atomic E-state index is 13.4. The summed E-state index contributed by atoms with van der Waals surface area (Å²) < 4.78 is 13.4. The summed E-state index contributed by atoms with van der Waals surface area (Å²) in [6.45, 7) is 5.33. The van der Waals surface area contributed by atoms with E-state index in [-0.39, 0.29) is 5.56 Å². The van der Waals surface area contributed by atoms with Crippen molar-refractivity contribution in [2.75, 3.05) is 25.9 Å². The van der Waals surface area contributed by atoms with Crippen LogP contribution in [0.4, 0.5) is 10.1 Å². The maximum atomic E-state index is 13.4. The number of likely N-dealkylation sites (N-methyl/N-ethyl adjacent to an activating group) is 1. The molecule has 1 aromatic rings. The van der Waals surface area contributed by atoms with Gasteiger partial charge in [0.1, 0.15) is 5.82 Å². The van der Waals surface area contributed by atoms with Crippen molar-refractivity contribution in [3.8, 4) is 0 Å². The fourth-order valence-electron chi connectivity index (χ4n) is 1.42. The lowest BCUT2D eigenvalue weighted by Gasteiger charge is -2.20. The zero-order valence-electron chi connectivity index (χ0n) is 11.0. The van der Waals surface area contributed by atoms with Crippen molar-refractivity contribution < 1.29 is 9.18 Å². The van der Waals surface area contributed by atoms with Crippen molar-refractivity contribution in [1.29, 1.82) is 0 Å². The van der Waals surface area contributed by atoms with Crippen LogP contribution in [-0.4, -0.2) is 37.0 Å². The van der Waals surface area contributed by atoms with Gasteiger partial charge in [0.25, 0.3) is 5.91 Å². The van der Waals surface area contributed by atoms with Gasteiger partial charge >= 0.3 is 0 Å². The Balaban J connectivity index is 2.53. The normalized spacial score (nSPS) is 11.0. The largest absolute Gasteiger partial charge is 0.399 e. The van der Waals surface area contributed by atoms with Gasteiger partial charge in [0.2, 0.25) is 0 Å². The van der Waals surface area contributed by atoms with Crippen molar-refractivity contribution in [1.82, 2.24) is 10.2 Å². The number of nitrogens with two attached hydrogens (primary N) is 1. The van der Waals surface area contributed by atoms with Gasteiger partial charge in [0.05, 0.1) is 5.56 Å². The molecule has 0 bridgehead atoms. The summed E-state index contributed by atoms with van der Waals surface area (Å²) >= 11 is 0. The molecule has 1 aromatic carbocycles. The number of amides is 1. The van der Waals surface area contributed by atoms with Crippen LogP contribution in [0.25, 0.3) is 0 Å². The van der Waals surface area contributed by atoms with Gasteiger partial charge in [-0.15, -0.1) is 0 Å². The number of hydrogen-bond acceptors (Lipinski definition) is 3. The molecule has 0 atom stereocenters. The molecule has 0 aliphatic heterocycles. The second-order valence-corrected chi connectivity index (χ2v) is 4.57.